The normalized spacial score (nSPS) is 13.2. The number of nitrogens with zero attached hydrogens (tertiary/aromatic N) is 1. The van der Waals surface area contributed by atoms with Crippen molar-refractivity contribution in [1.82, 2.24) is 10.3 Å². The van der Waals surface area contributed by atoms with Gasteiger partial charge in [0.25, 0.3) is 5.91 Å². The molecule has 0 saturated heterocycles. The van der Waals surface area contributed by atoms with Crippen molar-refractivity contribution < 1.29 is 4.79 Å². The molecule has 0 radical (unpaired) electrons. The van der Waals surface area contributed by atoms with E-state index in [9.17, 15) is 4.79 Å². The average Bonchev–Trinajstić information content (AvgIpc) is 2.23. The Morgan fingerprint density at radius 1 is 1.37 bits per heavy atom. The summed E-state index contributed by atoms with van der Waals surface area (Å²) in [6.07, 6.45) is 1.01. The number of rotatable bonds is 4. The van der Waals surface area contributed by atoms with Crippen molar-refractivity contribution in [2.75, 3.05) is 6.54 Å². The van der Waals surface area contributed by atoms with Gasteiger partial charge in [0.1, 0.15) is 0 Å². The predicted molar refractivity (Wildman–Crippen MR) is 82.8 cm³/mol. The number of alkyl halides is 1. The second-order valence-corrected chi connectivity index (χ2v) is 7.45. The van der Waals surface area contributed by atoms with E-state index in [4.69, 9.17) is 0 Å². The molecule has 1 aromatic heterocycles. The molecule has 1 rings (SSSR count). The van der Waals surface area contributed by atoms with Crippen LogP contribution in [-0.2, 0) is 0 Å². The minimum Gasteiger partial charge on any atom is -0.351 e. The van der Waals surface area contributed by atoms with Crippen LogP contribution in [0.25, 0.3) is 0 Å². The highest BCUT2D eigenvalue weighted by Crippen LogP contribution is 2.24. The van der Waals surface area contributed by atoms with E-state index in [1.165, 1.54) is 0 Å². The summed E-state index contributed by atoms with van der Waals surface area (Å²) < 4.78 is 0. The quantitative estimate of drug-likeness (QED) is 0.858. The molecular formula is C15H23BrN2O. The Balaban J connectivity index is 2.56. The number of pyridine rings is 1. The first kappa shape index (κ1) is 16.2. The second-order valence-electron chi connectivity index (χ2n) is 6.16. The Morgan fingerprint density at radius 2 is 2.00 bits per heavy atom. The van der Waals surface area contributed by atoms with Gasteiger partial charge >= 0.3 is 0 Å². The minimum atomic E-state index is -0.0524. The first-order chi connectivity index (χ1) is 8.69. The minimum absolute atomic E-state index is 0.0524. The van der Waals surface area contributed by atoms with Gasteiger partial charge < -0.3 is 5.32 Å². The van der Waals surface area contributed by atoms with Crippen molar-refractivity contribution >= 4 is 21.8 Å². The molecule has 1 aromatic rings. The highest BCUT2D eigenvalue weighted by atomic mass is 79.9. The second kappa shape index (κ2) is 6.51. The van der Waals surface area contributed by atoms with Gasteiger partial charge in [-0.3, -0.25) is 9.78 Å². The van der Waals surface area contributed by atoms with E-state index in [1.807, 2.05) is 26.0 Å². The van der Waals surface area contributed by atoms with E-state index in [0.717, 1.165) is 17.8 Å². The topological polar surface area (TPSA) is 42.0 Å². The van der Waals surface area contributed by atoms with E-state index in [-0.39, 0.29) is 16.1 Å². The molecule has 0 aliphatic rings. The molecule has 0 aliphatic heterocycles. The molecular weight excluding hydrogens is 304 g/mol. The van der Waals surface area contributed by atoms with Crippen molar-refractivity contribution in [3.63, 3.8) is 0 Å². The monoisotopic (exact) mass is 326 g/mol. The number of halogens is 1. The van der Waals surface area contributed by atoms with Crippen LogP contribution in [0.4, 0.5) is 0 Å². The average molecular weight is 327 g/mol. The molecule has 4 heteroatoms. The van der Waals surface area contributed by atoms with Gasteiger partial charge in [-0.15, -0.1) is 0 Å². The number of carbonyl (C=O) groups excluding carboxylic acids is 1. The molecule has 1 heterocycles. The van der Waals surface area contributed by atoms with Crippen molar-refractivity contribution in [2.45, 2.75) is 45.9 Å². The Bertz CT molecular complexity index is 452. The third-order valence-electron chi connectivity index (χ3n) is 2.79. The molecule has 106 valence electrons. The maximum Gasteiger partial charge on any atom is 0.253 e. The number of carbonyl (C=O) groups is 1. The fourth-order valence-electron chi connectivity index (χ4n) is 1.96. The van der Waals surface area contributed by atoms with Crippen LogP contribution in [0.1, 0.15) is 48.9 Å². The summed E-state index contributed by atoms with van der Waals surface area (Å²) in [6, 6.07) is 3.70. The lowest BCUT2D eigenvalue weighted by Crippen LogP contribution is -2.32. The molecule has 1 amide bonds. The number of hydrogen-bond acceptors (Lipinski definition) is 2. The lowest BCUT2D eigenvalue weighted by Gasteiger charge is -2.22. The van der Waals surface area contributed by atoms with Crippen molar-refractivity contribution in [3.8, 4) is 0 Å². The molecule has 0 bridgehead atoms. The van der Waals surface area contributed by atoms with Crippen molar-refractivity contribution in [2.24, 2.45) is 5.41 Å². The molecule has 0 saturated carbocycles. The van der Waals surface area contributed by atoms with Crippen LogP contribution in [0.5, 0.6) is 0 Å². The molecule has 0 aromatic carbocycles. The van der Waals surface area contributed by atoms with Gasteiger partial charge in [-0.25, -0.2) is 0 Å². The third-order valence-corrected chi connectivity index (χ3v) is 3.44. The van der Waals surface area contributed by atoms with E-state index >= 15 is 0 Å². The smallest absolute Gasteiger partial charge is 0.253 e. The summed E-state index contributed by atoms with van der Waals surface area (Å²) in [5.74, 6) is -0.0524. The van der Waals surface area contributed by atoms with Gasteiger partial charge in [0.2, 0.25) is 0 Å². The number of nitrogens with one attached hydrogen (secondary N) is 1. The summed E-state index contributed by atoms with van der Waals surface area (Å²) >= 11 is 3.61. The zero-order chi connectivity index (χ0) is 14.6. The van der Waals surface area contributed by atoms with Gasteiger partial charge in [0.05, 0.1) is 11.3 Å². The lowest BCUT2D eigenvalue weighted by molar-refractivity contribution is 0.0951. The Kier molecular flexibility index (Phi) is 5.53. The number of aromatic nitrogens is 1. The van der Waals surface area contributed by atoms with Crippen molar-refractivity contribution in [1.29, 1.82) is 0 Å². The van der Waals surface area contributed by atoms with Crippen LogP contribution in [0.3, 0.4) is 0 Å². The molecule has 1 unspecified atom stereocenters. The van der Waals surface area contributed by atoms with Crippen LogP contribution in [-0.4, -0.2) is 22.3 Å². The zero-order valence-corrected chi connectivity index (χ0v) is 14.0. The summed E-state index contributed by atoms with van der Waals surface area (Å²) in [4.78, 5) is 16.7. The van der Waals surface area contributed by atoms with E-state index < -0.39 is 0 Å². The van der Waals surface area contributed by atoms with Crippen LogP contribution in [0.15, 0.2) is 12.1 Å². The fourth-order valence-corrected chi connectivity index (χ4v) is 3.09. The van der Waals surface area contributed by atoms with Crippen molar-refractivity contribution in [3.05, 3.63) is 29.1 Å². The van der Waals surface area contributed by atoms with Gasteiger partial charge in [-0.05, 0) is 37.8 Å². The third kappa shape index (κ3) is 5.72. The molecule has 0 fully saturated rings. The molecule has 1 N–H and O–H groups in total. The molecule has 0 aliphatic carbocycles. The van der Waals surface area contributed by atoms with E-state index in [0.29, 0.717) is 12.1 Å². The maximum atomic E-state index is 12.1. The summed E-state index contributed by atoms with van der Waals surface area (Å²) in [6.45, 7) is 11.0. The Labute approximate surface area is 124 Å². The molecule has 19 heavy (non-hydrogen) atoms. The van der Waals surface area contributed by atoms with Crippen LogP contribution in [0, 0.1) is 19.3 Å². The van der Waals surface area contributed by atoms with Gasteiger partial charge in [0, 0.05) is 17.1 Å². The molecule has 0 spiro atoms. The SMILES string of the molecule is Cc1ccc(C(=O)NCC(Br)CC(C)(C)C)c(C)n1. The Morgan fingerprint density at radius 3 is 2.53 bits per heavy atom. The van der Waals surface area contributed by atoms with E-state index in [2.05, 4.69) is 47.0 Å². The van der Waals surface area contributed by atoms with Gasteiger partial charge in [-0.1, -0.05) is 36.7 Å². The van der Waals surface area contributed by atoms with E-state index in [1.54, 1.807) is 0 Å². The summed E-state index contributed by atoms with van der Waals surface area (Å²) in [5.41, 5.74) is 2.61. The van der Waals surface area contributed by atoms with Crippen LogP contribution >= 0.6 is 15.9 Å². The molecule has 1 atom stereocenters. The standard InChI is InChI=1S/C15H23BrN2O/c1-10-6-7-13(11(2)18-10)14(19)17-9-12(16)8-15(3,4)5/h6-7,12H,8-9H2,1-5H3,(H,17,19). The number of hydrogen-bond donors (Lipinski definition) is 1. The first-order valence-corrected chi connectivity index (χ1v) is 7.47. The largest absolute Gasteiger partial charge is 0.351 e. The number of amides is 1. The van der Waals surface area contributed by atoms with Crippen LogP contribution in [0.2, 0.25) is 0 Å². The Hall–Kier alpha value is -0.900. The highest BCUT2D eigenvalue weighted by molar-refractivity contribution is 9.09. The summed E-state index contributed by atoms with van der Waals surface area (Å²) in [5, 5.41) is 2.96. The molecule has 3 nitrogen and oxygen atoms in total. The van der Waals surface area contributed by atoms with Crippen LogP contribution < -0.4 is 5.32 Å². The van der Waals surface area contributed by atoms with Gasteiger partial charge in [0.15, 0.2) is 0 Å². The maximum absolute atomic E-state index is 12.1. The number of aryl methyl sites for hydroxylation is 2. The van der Waals surface area contributed by atoms with Gasteiger partial charge in [-0.2, -0.15) is 0 Å². The fraction of sp³-hybridized carbons (Fsp3) is 0.600. The highest BCUT2D eigenvalue weighted by Gasteiger charge is 2.18. The zero-order valence-electron chi connectivity index (χ0n) is 12.4. The summed E-state index contributed by atoms with van der Waals surface area (Å²) in [7, 11) is 0. The predicted octanol–water partition coefficient (Wildman–Crippen LogP) is 3.63. The first-order valence-electron chi connectivity index (χ1n) is 6.55. The lowest BCUT2D eigenvalue weighted by atomic mass is 9.90.